The number of nitrogens with one attached hydrogen (secondary N) is 1. The molecule has 2 bridgehead atoms. The van der Waals surface area contributed by atoms with Crippen LogP contribution in [0.4, 0.5) is 0 Å². The molecule has 0 saturated carbocycles. The Morgan fingerprint density at radius 2 is 2.24 bits per heavy atom. The Labute approximate surface area is 102 Å². The smallest absolute Gasteiger partial charge is 0.108 e. The van der Waals surface area contributed by atoms with Crippen LogP contribution in [0.5, 0.6) is 0 Å². The van der Waals surface area contributed by atoms with Crippen molar-refractivity contribution in [1.29, 1.82) is 0 Å². The molecule has 1 aliphatic carbocycles. The summed E-state index contributed by atoms with van der Waals surface area (Å²) in [4.78, 5) is 0. The zero-order valence-corrected chi connectivity index (χ0v) is 10.0. The van der Waals surface area contributed by atoms with Crippen LogP contribution in [-0.2, 0) is 11.2 Å². The molecule has 0 aromatic carbocycles. The molecule has 92 valence electrons. The Hall–Kier alpha value is -0.800. The van der Waals surface area contributed by atoms with Crippen molar-refractivity contribution in [2.75, 3.05) is 0 Å². The van der Waals surface area contributed by atoms with E-state index in [-0.39, 0.29) is 0 Å². The standard InChI is InChI=1S/C14H19NO2/c1-2-11(10-6-7-16-13(10)3-1)15-12-8-9-4-5-14(12)17-9/h6-7,9,11-12,14-15H,1-5,8H2. The van der Waals surface area contributed by atoms with Gasteiger partial charge in [0, 0.05) is 24.1 Å². The minimum absolute atomic E-state index is 0.470. The third kappa shape index (κ3) is 1.64. The van der Waals surface area contributed by atoms with Crippen molar-refractivity contribution >= 4 is 0 Å². The fraction of sp³-hybridized carbons (Fsp3) is 0.714. The summed E-state index contributed by atoms with van der Waals surface area (Å²) < 4.78 is 11.5. The van der Waals surface area contributed by atoms with E-state index in [0.717, 1.165) is 6.42 Å². The minimum atomic E-state index is 0.470. The molecule has 3 nitrogen and oxygen atoms in total. The maximum atomic E-state index is 5.91. The lowest BCUT2D eigenvalue weighted by Gasteiger charge is -2.29. The number of rotatable bonds is 2. The van der Waals surface area contributed by atoms with Crippen LogP contribution in [-0.4, -0.2) is 18.2 Å². The second-order valence-corrected chi connectivity index (χ2v) is 5.63. The fourth-order valence-corrected chi connectivity index (χ4v) is 3.73. The minimum Gasteiger partial charge on any atom is -0.469 e. The van der Waals surface area contributed by atoms with Crippen LogP contribution in [0.25, 0.3) is 0 Å². The topological polar surface area (TPSA) is 34.4 Å². The summed E-state index contributed by atoms with van der Waals surface area (Å²) in [6.45, 7) is 0. The molecule has 1 N–H and O–H groups in total. The zero-order chi connectivity index (χ0) is 11.2. The highest BCUT2D eigenvalue weighted by atomic mass is 16.5. The molecule has 0 radical (unpaired) electrons. The van der Waals surface area contributed by atoms with Gasteiger partial charge in [0.05, 0.1) is 18.5 Å². The first kappa shape index (κ1) is 10.2. The van der Waals surface area contributed by atoms with Crippen LogP contribution in [0.15, 0.2) is 16.7 Å². The van der Waals surface area contributed by atoms with Crippen molar-refractivity contribution in [3.63, 3.8) is 0 Å². The zero-order valence-electron chi connectivity index (χ0n) is 10.0. The lowest BCUT2D eigenvalue weighted by atomic mass is 9.90. The molecule has 4 rings (SSSR count). The average molecular weight is 233 g/mol. The Kier molecular flexibility index (Phi) is 2.30. The molecule has 1 aromatic heterocycles. The number of hydrogen-bond donors (Lipinski definition) is 1. The van der Waals surface area contributed by atoms with Gasteiger partial charge < -0.3 is 14.5 Å². The van der Waals surface area contributed by atoms with Crippen LogP contribution in [0.1, 0.15) is 49.5 Å². The van der Waals surface area contributed by atoms with Gasteiger partial charge in [-0.15, -0.1) is 0 Å². The van der Waals surface area contributed by atoms with E-state index in [1.807, 2.05) is 6.26 Å². The number of hydrogen-bond acceptors (Lipinski definition) is 3. The highest BCUT2D eigenvalue weighted by molar-refractivity contribution is 5.24. The summed E-state index contributed by atoms with van der Waals surface area (Å²) in [5, 5.41) is 3.81. The van der Waals surface area contributed by atoms with Gasteiger partial charge in [-0.25, -0.2) is 0 Å². The monoisotopic (exact) mass is 233 g/mol. The molecule has 3 heterocycles. The van der Waals surface area contributed by atoms with E-state index in [9.17, 15) is 0 Å². The highest BCUT2D eigenvalue weighted by Gasteiger charge is 2.41. The molecule has 2 aliphatic heterocycles. The summed E-state index contributed by atoms with van der Waals surface area (Å²) >= 11 is 0. The molecule has 1 aromatic rings. The molecule has 4 atom stereocenters. The summed E-state index contributed by atoms with van der Waals surface area (Å²) in [6, 6.07) is 3.20. The van der Waals surface area contributed by atoms with E-state index in [1.165, 1.54) is 43.4 Å². The van der Waals surface area contributed by atoms with Gasteiger partial charge in [0.25, 0.3) is 0 Å². The van der Waals surface area contributed by atoms with Crippen molar-refractivity contribution in [3.8, 4) is 0 Å². The summed E-state index contributed by atoms with van der Waals surface area (Å²) in [7, 11) is 0. The Morgan fingerprint density at radius 3 is 3.06 bits per heavy atom. The first-order valence-corrected chi connectivity index (χ1v) is 6.88. The van der Waals surface area contributed by atoms with Gasteiger partial charge in [-0.1, -0.05) is 0 Å². The maximum absolute atomic E-state index is 5.91. The summed E-state index contributed by atoms with van der Waals surface area (Å²) in [6.07, 6.45) is 10.1. The third-order valence-corrected chi connectivity index (χ3v) is 4.57. The lowest BCUT2D eigenvalue weighted by molar-refractivity contribution is 0.0955. The van der Waals surface area contributed by atoms with E-state index in [0.29, 0.717) is 24.3 Å². The molecule has 17 heavy (non-hydrogen) atoms. The van der Waals surface area contributed by atoms with Crippen LogP contribution in [0, 0.1) is 0 Å². The van der Waals surface area contributed by atoms with Gasteiger partial charge in [0.15, 0.2) is 0 Å². The first-order chi connectivity index (χ1) is 8.40. The van der Waals surface area contributed by atoms with Crippen molar-refractivity contribution in [3.05, 3.63) is 23.7 Å². The van der Waals surface area contributed by atoms with Gasteiger partial charge in [-0.3, -0.25) is 0 Å². The second kappa shape index (κ2) is 3.85. The number of furan rings is 1. The van der Waals surface area contributed by atoms with Crippen molar-refractivity contribution in [2.45, 2.75) is 62.8 Å². The molecular formula is C14H19NO2. The second-order valence-electron chi connectivity index (χ2n) is 5.63. The predicted octanol–water partition coefficient (Wildman–Crippen LogP) is 2.57. The first-order valence-electron chi connectivity index (χ1n) is 6.88. The molecule has 0 amide bonds. The van der Waals surface area contributed by atoms with E-state index < -0.39 is 0 Å². The Morgan fingerprint density at radius 1 is 1.24 bits per heavy atom. The van der Waals surface area contributed by atoms with Crippen molar-refractivity contribution in [1.82, 2.24) is 5.32 Å². The Bertz CT molecular complexity index is 414. The number of aryl methyl sites for hydroxylation is 1. The van der Waals surface area contributed by atoms with Gasteiger partial charge in [0.2, 0.25) is 0 Å². The van der Waals surface area contributed by atoms with E-state index in [4.69, 9.17) is 9.15 Å². The summed E-state index contributed by atoms with van der Waals surface area (Å²) in [5.41, 5.74) is 1.39. The Balaban J connectivity index is 1.50. The van der Waals surface area contributed by atoms with Gasteiger partial charge >= 0.3 is 0 Å². The van der Waals surface area contributed by atoms with Crippen LogP contribution >= 0.6 is 0 Å². The molecular weight excluding hydrogens is 214 g/mol. The third-order valence-electron chi connectivity index (χ3n) is 4.57. The van der Waals surface area contributed by atoms with Crippen LogP contribution in [0.2, 0.25) is 0 Å². The molecule has 2 fully saturated rings. The molecule has 4 unspecified atom stereocenters. The maximum Gasteiger partial charge on any atom is 0.108 e. The number of fused-ring (bicyclic) bond motifs is 3. The highest BCUT2D eigenvalue weighted by Crippen LogP contribution is 2.37. The van der Waals surface area contributed by atoms with Gasteiger partial charge in [-0.2, -0.15) is 0 Å². The van der Waals surface area contributed by atoms with E-state index in [1.54, 1.807) is 0 Å². The quantitative estimate of drug-likeness (QED) is 0.852. The van der Waals surface area contributed by atoms with Crippen LogP contribution in [0.3, 0.4) is 0 Å². The summed E-state index contributed by atoms with van der Waals surface area (Å²) in [5.74, 6) is 1.19. The fourth-order valence-electron chi connectivity index (χ4n) is 3.73. The van der Waals surface area contributed by atoms with Crippen LogP contribution < -0.4 is 5.32 Å². The largest absolute Gasteiger partial charge is 0.469 e. The van der Waals surface area contributed by atoms with E-state index >= 15 is 0 Å². The van der Waals surface area contributed by atoms with Gasteiger partial charge in [-0.05, 0) is 38.2 Å². The van der Waals surface area contributed by atoms with E-state index in [2.05, 4.69) is 11.4 Å². The van der Waals surface area contributed by atoms with Gasteiger partial charge in [0.1, 0.15) is 5.76 Å². The predicted molar refractivity (Wildman–Crippen MR) is 63.8 cm³/mol. The molecule has 2 saturated heterocycles. The molecule has 3 aliphatic rings. The number of ether oxygens (including phenoxy) is 1. The SMILES string of the molecule is c1cc2c(o1)CCCC2NC1CC2CCC1O2. The average Bonchev–Trinajstić information content (AvgIpc) is 3.04. The van der Waals surface area contributed by atoms with Crippen molar-refractivity contribution < 1.29 is 9.15 Å². The van der Waals surface area contributed by atoms with Crippen molar-refractivity contribution in [2.24, 2.45) is 0 Å². The molecule has 0 spiro atoms. The normalized spacial score (nSPS) is 39.5. The molecule has 3 heteroatoms. The lowest BCUT2D eigenvalue weighted by Crippen LogP contribution is -2.40.